The molecule has 0 spiro atoms. The van der Waals surface area contributed by atoms with Crippen LogP contribution in [0.2, 0.25) is 0 Å². The van der Waals surface area contributed by atoms with Gasteiger partial charge in [0.15, 0.2) is 0 Å². The molecule has 0 radical (unpaired) electrons. The van der Waals surface area contributed by atoms with E-state index in [1.807, 2.05) is 54.9 Å². The minimum atomic E-state index is -0.0616. The van der Waals surface area contributed by atoms with Crippen molar-refractivity contribution in [2.45, 2.75) is 26.2 Å². The molecular formula is C48H33BN4O3Pt. The first kappa shape index (κ1) is 35.1. The molecule has 2 aliphatic rings. The van der Waals surface area contributed by atoms with Crippen molar-refractivity contribution in [3.8, 4) is 57.1 Å². The molecule has 11 rings (SSSR count). The Morgan fingerprint density at radius 3 is 2.11 bits per heavy atom. The number of pyridine rings is 1. The summed E-state index contributed by atoms with van der Waals surface area (Å²) < 4.78 is 23.6. The van der Waals surface area contributed by atoms with Crippen LogP contribution in [0, 0.1) is 12.1 Å². The van der Waals surface area contributed by atoms with Crippen LogP contribution in [0.1, 0.15) is 26.3 Å². The summed E-state index contributed by atoms with van der Waals surface area (Å²) in [6.45, 7) is 6.68. The predicted molar refractivity (Wildman–Crippen MR) is 222 cm³/mol. The van der Waals surface area contributed by atoms with Crippen molar-refractivity contribution in [1.29, 1.82) is 0 Å². The number of ether oxygens (including phenoxy) is 3. The smallest absolute Gasteiger partial charge is 0.509 e. The molecule has 0 amide bonds. The summed E-state index contributed by atoms with van der Waals surface area (Å²) in [6.07, 6.45) is 5.52. The van der Waals surface area contributed by atoms with Crippen LogP contribution in [0.25, 0.3) is 44.4 Å². The normalized spacial score (nSPS) is 12.6. The molecule has 0 fully saturated rings. The molecule has 0 unspecified atom stereocenters. The Balaban J connectivity index is 0.00000396. The summed E-state index contributed by atoms with van der Waals surface area (Å²) in [4.78, 5) is 4.90. The van der Waals surface area contributed by atoms with Gasteiger partial charge in [-0.3, -0.25) is 4.68 Å². The molecule has 0 atom stereocenters. The van der Waals surface area contributed by atoms with Crippen LogP contribution in [0.3, 0.4) is 0 Å². The maximum atomic E-state index is 6.63. The van der Waals surface area contributed by atoms with E-state index < -0.39 is 0 Å². The SMILES string of the molecule is CC(C)(C)c1ccnc(-n2c3[c-]c(Oc4[c-]c(-n5cccn5)ccc4)ccc3c3cc(-c4cc5c6c(c4)Oc4ccccc4B6c4ccccc4O5)ccc32)c1.[Pt+2]. The average molecular weight is 920 g/mol. The number of hydrogen-bond acceptors (Lipinski definition) is 5. The van der Waals surface area contributed by atoms with Crippen LogP contribution < -0.4 is 30.6 Å². The van der Waals surface area contributed by atoms with Gasteiger partial charge in [0.25, 0.3) is 6.71 Å². The van der Waals surface area contributed by atoms with Gasteiger partial charge in [-0.15, -0.1) is 35.7 Å². The summed E-state index contributed by atoms with van der Waals surface area (Å²) in [6, 6.07) is 50.4. The fourth-order valence-electron chi connectivity index (χ4n) is 8.13. The van der Waals surface area contributed by atoms with Gasteiger partial charge in [-0.1, -0.05) is 74.8 Å². The van der Waals surface area contributed by atoms with Crippen LogP contribution in [0.5, 0.6) is 34.5 Å². The van der Waals surface area contributed by atoms with E-state index >= 15 is 0 Å². The van der Waals surface area contributed by atoms with Gasteiger partial charge in [0, 0.05) is 41.1 Å². The Kier molecular flexibility index (Phi) is 8.24. The number of fused-ring (bicyclic) bond motifs is 7. The summed E-state index contributed by atoms with van der Waals surface area (Å²) in [5.74, 6) is 5.31. The third kappa shape index (κ3) is 5.86. The minimum absolute atomic E-state index is 0. The van der Waals surface area contributed by atoms with E-state index in [2.05, 4.69) is 127 Å². The minimum Gasteiger partial charge on any atom is -0.509 e. The Hall–Kier alpha value is -6.37. The molecule has 3 aromatic heterocycles. The quantitative estimate of drug-likeness (QED) is 0.127. The molecule has 0 aliphatic carbocycles. The second-order valence-corrected chi connectivity index (χ2v) is 15.4. The van der Waals surface area contributed by atoms with Crippen molar-refractivity contribution in [2.24, 2.45) is 0 Å². The van der Waals surface area contributed by atoms with Gasteiger partial charge in [0.1, 0.15) is 28.8 Å². The van der Waals surface area contributed by atoms with E-state index in [-0.39, 0.29) is 33.2 Å². The number of rotatable bonds is 5. The van der Waals surface area contributed by atoms with Crippen molar-refractivity contribution >= 4 is 44.9 Å². The zero-order valence-electron chi connectivity index (χ0n) is 31.3. The molecular weight excluding hydrogens is 886 g/mol. The van der Waals surface area contributed by atoms with Crippen molar-refractivity contribution in [1.82, 2.24) is 19.3 Å². The van der Waals surface area contributed by atoms with Crippen LogP contribution >= 0.6 is 0 Å². The zero-order valence-corrected chi connectivity index (χ0v) is 33.5. The van der Waals surface area contributed by atoms with Crippen LogP contribution in [0.15, 0.2) is 146 Å². The van der Waals surface area contributed by atoms with E-state index in [1.165, 1.54) is 5.56 Å². The molecule has 7 nitrogen and oxygen atoms in total. The van der Waals surface area contributed by atoms with Crippen molar-refractivity contribution in [3.05, 3.63) is 164 Å². The molecule has 2 aliphatic heterocycles. The van der Waals surface area contributed by atoms with Gasteiger partial charge >= 0.3 is 21.1 Å². The monoisotopic (exact) mass is 919 g/mol. The molecule has 0 N–H and O–H groups in total. The van der Waals surface area contributed by atoms with Crippen molar-refractivity contribution in [3.63, 3.8) is 0 Å². The fraction of sp³-hybridized carbons (Fsp3) is 0.0833. The molecule has 0 saturated carbocycles. The second kappa shape index (κ2) is 13.4. The van der Waals surface area contributed by atoms with Gasteiger partial charge in [0.2, 0.25) is 0 Å². The van der Waals surface area contributed by atoms with Gasteiger partial charge in [-0.2, -0.15) is 17.2 Å². The molecule has 6 aromatic carbocycles. The third-order valence-corrected chi connectivity index (χ3v) is 10.8. The molecule has 276 valence electrons. The number of aromatic nitrogens is 4. The largest absolute Gasteiger partial charge is 2.00 e. The Morgan fingerprint density at radius 1 is 0.649 bits per heavy atom. The number of nitrogens with zero attached hydrogens (tertiary/aromatic N) is 4. The number of benzene rings is 6. The van der Waals surface area contributed by atoms with Crippen LogP contribution in [0.4, 0.5) is 0 Å². The van der Waals surface area contributed by atoms with E-state index in [9.17, 15) is 0 Å². The first-order chi connectivity index (χ1) is 27.4. The fourth-order valence-corrected chi connectivity index (χ4v) is 8.13. The summed E-state index contributed by atoms with van der Waals surface area (Å²) in [7, 11) is 0. The second-order valence-electron chi connectivity index (χ2n) is 15.4. The predicted octanol–water partition coefficient (Wildman–Crippen LogP) is 9.45. The van der Waals surface area contributed by atoms with Crippen LogP contribution in [-0.2, 0) is 26.5 Å². The Bertz CT molecular complexity index is 2950. The maximum Gasteiger partial charge on any atom is 2.00 e. The Morgan fingerprint density at radius 2 is 1.39 bits per heavy atom. The molecule has 0 bridgehead atoms. The first-order valence-electron chi connectivity index (χ1n) is 18.8. The van der Waals surface area contributed by atoms with E-state index in [0.29, 0.717) is 11.5 Å². The third-order valence-electron chi connectivity index (χ3n) is 10.8. The van der Waals surface area contributed by atoms with Gasteiger partial charge in [-0.25, -0.2) is 4.98 Å². The molecule has 9 aromatic rings. The standard InChI is InChI=1S/C48H33BN4O3.Pt/c1-48(2,3)32-20-22-50-46(27-32)53-40-19-16-30(24-37(40)36-18-17-35(29-41(36)53)54-34-11-8-10-33(28-34)52-23-9-21-51-52)31-25-44-47-45(26-31)56-43-15-7-5-13-39(43)49(47)38-12-4-6-14-42(38)55-44;/h4-27H,1-3H3;/q-2;+2. The van der Waals surface area contributed by atoms with Gasteiger partial charge in [-0.05, 0) is 92.6 Å². The van der Waals surface area contributed by atoms with Crippen molar-refractivity contribution < 1.29 is 35.3 Å². The summed E-state index contributed by atoms with van der Waals surface area (Å²) in [5, 5.41) is 6.45. The zero-order chi connectivity index (χ0) is 37.5. The van der Waals surface area contributed by atoms with Crippen LogP contribution in [-0.4, -0.2) is 26.0 Å². The first-order valence-corrected chi connectivity index (χ1v) is 18.8. The van der Waals surface area contributed by atoms with E-state index in [0.717, 1.165) is 83.8 Å². The molecule has 0 saturated heterocycles. The topological polar surface area (TPSA) is 63.3 Å². The average Bonchev–Trinajstić information content (AvgIpc) is 3.87. The summed E-state index contributed by atoms with van der Waals surface area (Å²) in [5.41, 5.74) is 9.18. The molecule has 57 heavy (non-hydrogen) atoms. The van der Waals surface area contributed by atoms with Gasteiger partial charge in [0.05, 0.1) is 0 Å². The maximum absolute atomic E-state index is 6.63. The molecule has 5 heterocycles. The van der Waals surface area contributed by atoms with E-state index in [4.69, 9.17) is 19.2 Å². The number of para-hydroxylation sites is 2. The Labute approximate surface area is 344 Å². The molecule has 9 heteroatoms. The number of hydrogen-bond donors (Lipinski definition) is 0. The van der Waals surface area contributed by atoms with Gasteiger partial charge < -0.3 is 18.8 Å². The van der Waals surface area contributed by atoms with Crippen molar-refractivity contribution in [2.75, 3.05) is 0 Å². The van der Waals surface area contributed by atoms with E-state index in [1.54, 1.807) is 10.9 Å². The summed E-state index contributed by atoms with van der Waals surface area (Å²) >= 11 is 0.